The standard InChI is InChI=1S/C29H27ClN2O5S/c1-35-26-7-3-2-6-24(26)29(34)31(17-22-5-4-15-36-22)18-28(33)32-14-12-27-23(13-16-38-27)25(32)19-37-21-10-8-20(30)9-11-21/h2-11,13,15-16,25H,12,14,17-19H2,1H3. The van der Waals surface area contributed by atoms with Crippen molar-refractivity contribution in [1.82, 2.24) is 9.80 Å². The summed E-state index contributed by atoms with van der Waals surface area (Å²) in [4.78, 5) is 32.0. The molecular weight excluding hydrogens is 524 g/mol. The molecule has 2 amide bonds. The Kier molecular flexibility index (Phi) is 8.00. The van der Waals surface area contributed by atoms with E-state index in [9.17, 15) is 9.59 Å². The molecule has 0 aliphatic carbocycles. The van der Waals surface area contributed by atoms with E-state index < -0.39 is 0 Å². The Labute approximate surface area is 230 Å². The van der Waals surface area contributed by atoms with Crippen molar-refractivity contribution < 1.29 is 23.5 Å². The highest BCUT2D eigenvalue weighted by Crippen LogP contribution is 2.34. The molecule has 0 N–H and O–H groups in total. The lowest BCUT2D eigenvalue weighted by molar-refractivity contribution is -0.135. The predicted molar refractivity (Wildman–Crippen MR) is 146 cm³/mol. The van der Waals surface area contributed by atoms with Gasteiger partial charge < -0.3 is 23.7 Å². The fourth-order valence-electron chi connectivity index (χ4n) is 4.62. The van der Waals surface area contributed by atoms with Crippen LogP contribution in [0.5, 0.6) is 11.5 Å². The monoisotopic (exact) mass is 550 g/mol. The number of fused-ring (bicyclic) bond motifs is 1. The molecule has 0 fully saturated rings. The lowest BCUT2D eigenvalue weighted by Crippen LogP contribution is -2.47. The Bertz CT molecular complexity index is 1390. The highest BCUT2D eigenvalue weighted by atomic mass is 35.5. The van der Waals surface area contributed by atoms with Gasteiger partial charge in [-0.3, -0.25) is 9.59 Å². The Balaban J connectivity index is 1.38. The number of furan rings is 1. The van der Waals surface area contributed by atoms with Gasteiger partial charge in [0, 0.05) is 16.4 Å². The van der Waals surface area contributed by atoms with Crippen LogP contribution in [-0.2, 0) is 17.8 Å². The number of nitrogens with zero attached hydrogens (tertiary/aromatic N) is 2. The van der Waals surface area contributed by atoms with Crippen molar-refractivity contribution >= 4 is 34.8 Å². The third-order valence-corrected chi connectivity index (χ3v) is 7.76. The van der Waals surface area contributed by atoms with E-state index in [0.29, 0.717) is 34.4 Å². The molecule has 38 heavy (non-hydrogen) atoms. The van der Waals surface area contributed by atoms with Crippen LogP contribution < -0.4 is 9.47 Å². The minimum Gasteiger partial charge on any atom is -0.496 e. The zero-order valence-corrected chi connectivity index (χ0v) is 22.4. The summed E-state index contributed by atoms with van der Waals surface area (Å²) >= 11 is 7.70. The molecule has 1 unspecified atom stereocenters. The summed E-state index contributed by atoms with van der Waals surface area (Å²) in [5, 5.41) is 2.67. The second-order valence-corrected chi connectivity index (χ2v) is 10.3. The molecule has 0 spiro atoms. The third kappa shape index (κ3) is 5.71. The van der Waals surface area contributed by atoms with Gasteiger partial charge in [0.15, 0.2) is 0 Å². The van der Waals surface area contributed by atoms with E-state index >= 15 is 0 Å². The first-order chi connectivity index (χ1) is 18.5. The predicted octanol–water partition coefficient (Wildman–Crippen LogP) is 5.85. The van der Waals surface area contributed by atoms with E-state index in [1.165, 1.54) is 16.9 Å². The Morgan fingerprint density at radius 3 is 2.68 bits per heavy atom. The quantitative estimate of drug-likeness (QED) is 0.261. The van der Waals surface area contributed by atoms with Gasteiger partial charge in [-0.1, -0.05) is 23.7 Å². The minimum absolute atomic E-state index is 0.117. The largest absolute Gasteiger partial charge is 0.496 e. The molecule has 4 aromatic rings. The van der Waals surface area contributed by atoms with E-state index in [-0.39, 0.29) is 37.6 Å². The van der Waals surface area contributed by atoms with E-state index in [1.807, 2.05) is 22.4 Å². The van der Waals surface area contributed by atoms with E-state index in [2.05, 4.69) is 6.07 Å². The lowest BCUT2D eigenvalue weighted by atomic mass is 10.0. The highest BCUT2D eigenvalue weighted by Gasteiger charge is 2.34. The summed E-state index contributed by atoms with van der Waals surface area (Å²) < 4.78 is 17.0. The number of para-hydroxylation sites is 1. The van der Waals surface area contributed by atoms with Gasteiger partial charge in [0.2, 0.25) is 5.91 Å². The average molecular weight is 551 g/mol. The minimum atomic E-state index is -0.311. The van der Waals surface area contributed by atoms with E-state index in [1.54, 1.807) is 66.1 Å². The van der Waals surface area contributed by atoms with Crippen LogP contribution in [0, 0.1) is 0 Å². The number of rotatable bonds is 9. The molecule has 0 bridgehead atoms. The number of carbonyl (C=O) groups excluding carboxylic acids is 2. The first-order valence-electron chi connectivity index (χ1n) is 12.2. The second kappa shape index (κ2) is 11.8. The topological polar surface area (TPSA) is 72.2 Å². The van der Waals surface area contributed by atoms with Crippen LogP contribution >= 0.6 is 22.9 Å². The van der Waals surface area contributed by atoms with Crippen LogP contribution in [0.25, 0.3) is 0 Å². The zero-order chi connectivity index (χ0) is 26.5. The smallest absolute Gasteiger partial charge is 0.258 e. The van der Waals surface area contributed by atoms with Gasteiger partial charge in [-0.05, 0) is 72.0 Å². The van der Waals surface area contributed by atoms with Crippen LogP contribution in [0.2, 0.25) is 5.02 Å². The van der Waals surface area contributed by atoms with Crippen molar-refractivity contribution in [2.24, 2.45) is 0 Å². The SMILES string of the molecule is COc1ccccc1C(=O)N(CC(=O)N1CCc2sccc2C1COc1ccc(Cl)cc1)Cc1ccco1. The number of ether oxygens (including phenoxy) is 2. The van der Waals surface area contributed by atoms with Gasteiger partial charge >= 0.3 is 0 Å². The molecule has 7 nitrogen and oxygen atoms in total. The van der Waals surface area contributed by atoms with Crippen LogP contribution in [0.4, 0.5) is 0 Å². The van der Waals surface area contributed by atoms with Crippen molar-refractivity contribution in [2.75, 3.05) is 26.8 Å². The molecule has 0 saturated carbocycles. The fourth-order valence-corrected chi connectivity index (χ4v) is 5.67. The van der Waals surface area contributed by atoms with Gasteiger partial charge in [0.05, 0.1) is 31.5 Å². The number of carbonyl (C=O) groups is 2. The molecule has 1 aliphatic rings. The molecule has 0 saturated heterocycles. The lowest BCUT2D eigenvalue weighted by Gasteiger charge is -2.37. The maximum absolute atomic E-state index is 13.8. The van der Waals surface area contributed by atoms with Crippen molar-refractivity contribution in [3.05, 3.63) is 105 Å². The molecule has 5 rings (SSSR count). The third-order valence-electron chi connectivity index (χ3n) is 6.51. The van der Waals surface area contributed by atoms with Gasteiger partial charge in [-0.2, -0.15) is 0 Å². The van der Waals surface area contributed by atoms with Gasteiger partial charge in [0.25, 0.3) is 5.91 Å². The summed E-state index contributed by atoms with van der Waals surface area (Å²) in [6.45, 7) is 0.863. The summed E-state index contributed by atoms with van der Waals surface area (Å²) in [7, 11) is 1.52. The van der Waals surface area contributed by atoms with Crippen LogP contribution in [0.3, 0.4) is 0 Å². The maximum atomic E-state index is 13.8. The number of hydrogen-bond donors (Lipinski definition) is 0. The summed E-state index contributed by atoms with van der Waals surface area (Å²) in [6.07, 6.45) is 2.31. The second-order valence-electron chi connectivity index (χ2n) is 8.86. The fraction of sp³-hybridized carbons (Fsp3) is 0.241. The van der Waals surface area contributed by atoms with Gasteiger partial charge in [-0.15, -0.1) is 11.3 Å². The molecule has 2 aromatic heterocycles. The van der Waals surface area contributed by atoms with Crippen molar-refractivity contribution in [1.29, 1.82) is 0 Å². The first kappa shape index (κ1) is 25.9. The highest BCUT2D eigenvalue weighted by molar-refractivity contribution is 7.10. The zero-order valence-electron chi connectivity index (χ0n) is 20.8. The normalized spacial score (nSPS) is 14.6. The Morgan fingerprint density at radius 2 is 1.92 bits per heavy atom. The molecule has 2 aromatic carbocycles. The van der Waals surface area contributed by atoms with Crippen LogP contribution in [-0.4, -0.2) is 48.4 Å². The van der Waals surface area contributed by atoms with E-state index in [0.717, 1.165) is 12.0 Å². The number of halogens is 1. The molecule has 1 atom stereocenters. The Morgan fingerprint density at radius 1 is 1.11 bits per heavy atom. The van der Waals surface area contributed by atoms with Crippen LogP contribution in [0.1, 0.15) is 32.6 Å². The number of benzene rings is 2. The molecule has 3 heterocycles. The number of hydrogen-bond acceptors (Lipinski definition) is 6. The summed E-state index contributed by atoms with van der Waals surface area (Å²) in [5.41, 5.74) is 1.47. The maximum Gasteiger partial charge on any atom is 0.258 e. The molecule has 0 radical (unpaired) electrons. The van der Waals surface area contributed by atoms with Gasteiger partial charge in [0.1, 0.15) is 30.4 Å². The van der Waals surface area contributed by atoms with Gasteiger partial charge in [-0.25, -0.2) is 0 Å². The summed E-state index contributed by atoms with van der Waals surface area (Å²) in [6, 6.07) is 19.5. The van der Waals surface area contributed by atoms with Crippen molar-refractivity contribution in [3.63, 3.8) is 0 Å². The molecule has 196 valence electrons. The number of thiophene rings is 1. The number of amides is 2. The van der Waals surface area contributed by atoms with Crippen molar-refractivity contribution in [3.8, 4) is 11.5 Å². The average Bonchev–Trinajstić information content (AvgIpc) is 3.64. The van der Waals surface area contributed by atoms with Crippen LogP contribution in [0.15, 0.2) is 82.8 Å². The molecular formula is C29H27ClN2O5S. The molecule has 1 aliphatic heterocycles. The van der Waals surface area contributed by atoms with E-state index in [4.69, 9.17) is 25.5 Å². The van der Waals surface area contributed by atoms with Crippen molar-refractivity contribution in [2.45, 2.75) is 19.0 Å². The Hall–Kier alpha value is -3.75. The summed E-state index contributed by atoms with van der Waals surface area (Å²) in [5.74, 6) is 1.23. The number of methoxy groups -OCH3 is 1. The molecule has 9 heteroatoms. The first-order valence-corrected chi connectivity index (χ1v) is 13.5.